The van der Waals surface area contributed by atoms with Crippen molar-refractivity contribution in [3.63, 3.8) is 0 Å². The van der Waals surface area contributed by atoms with Gasteiger partial charge in [-0.25, -0.2) is 0 Å². The van der Waals surface area contributed by atoms with Crippen LogP contribution in [0.3, 0.4) is 0 Å². The zero-order chi connectivity index (χ0) is 13.7. The largest absolute Gasteiger partial charge is 0.387 e. The molecule has 0 fully saturated rings. The maximum Gasteiger partial charge on any atom is 0.0928 e. The molecule has 1 heterocycles. The van der Waals surface area contributed by atoms with Gasteiger partial charge < -0.3 is 15.5 Å². The molecular formula is C14H16ClNO2S. The van der Waals surface area contributed by atoms with E-state index in [1.165, 1.54) is 0 Å². The van der Waals surface area contributed by atoms with Gasteiger partial charge in [0.1, 0.15) is 0 Å². The van der Waals surface area contributed by atoms with E-state index in [4.69, 9.17) is 11.6 Å². The van der Waals surface area contributed by atoms with Crippen molar-refractivity contribution in [2.45, 2.75) is 12.2 Å². The first-order chi connectivity index (χ1) is 9.18. The van der Waals surface area contributed by atoms with E-state index in [-0.39, 0.29) is 0 Å². The third-order valence-electron chi connectivity index (χ3n) is 2.87. The van der Waals surface area contributed by atoms with Gasteiger partial charge in [0.05, 0.1) is 12.2 Å². The third-order valence-corrected chi connectivity index (χ3v) is 3.91. The van der Waals surface area contributed by atoms with E-state index < -0.39 is 12.2 Å². The quantitative estimate of drug-likeness (QED) is 0.768. The lowest BCUT2D eigenvalue weighted by Crippen LogP contribution is -2.26. The Hall–Kier alpha value is -0.910. The van der Waals surface area contributed by atoms with Crippen molar-refractivity contribution in [3.8, 4) is 0 Å². The second-order valence-corrected chi connectivity index (χ2v) is 5.46. The van der Waals surface area contributed by atoms with Gasteiger partial charge in [-0.3, -0.25) is 0 Å². The Balaban J connectivity index is 1.81. The molecule has 19 heavy (non-hydrogen) atoms. The van der Waals surface area contributed by atoms with Crippen molar-refractivity contribution in [2.75, 3.05) is 13.1 Å². The van der Waals surface area contributed by atoms with Crippen LogP contribution in [0.15, 0.2) is 41.1 Å². The summed E-state index contributed by atoms with van der Waals surface area (Å²) in [5.74, 6) is 0. The summed E-state index contributed by atoms with van der Waals surface area (Å²) in [7, 11) is 0. The van der Waals surface area contributed by atoms with E-state index in [0.29, 0.717) is 23.7 Å². The van der Waals surface area contributed by atoms with Crippen LogP contribution in [-0.2, 0) is 0 Å². The summed E-state index contributed by atoms with van der Waals surface area (Å²) in [5, 5.41) is 27.3. The normalized spacial score (nSPS) is 14.3. The zero-order valence-electron chi connectivity index (χ0n) is 10.3. The lowest BCUT2D eigenvalue weighted by atomic mass is 10.1. The molecule has 5 heteroatoms. The lowest BCUT2D eigenvalue weighted by molar-refractivity contribution is 0.147. The number of hydrogen-bond acceptors (Lipinski definition) is 4. The van der Waals surface area contributed by atoms with Crippen molar-refractivity contribution in [2.24, 2.45) is 0 Å². The van der Waals surface area contributed by atoms with Gasteiger partial charge in [0.25, 0.3) is 0 Å². The first-order valence-electron chi connectivity index (χ1n) is 6.02. The Labute approximate surface area is 121 Å². The summed E-state index contributed by atoms with van der Waals surface area (Å²) in [6.45, 7) is 0.753. The van der Waals surface area contributed by atoms with Gasteiger partial charge >= 0.3 is 0 Å². The van der Waals surface area contributed by atoms with Gasteiger partial charge in [-0.05, 0) is 28.5 Å². The Morgan fingerprint density at radius 3 is 2.53 bits per heavy atom. The number of thiophene rings is 1. The van der Waals surface area contributed by atoms with Crippen LogP contribution < -0.4 is 5.32 Å². The minimum atomic E-state index is -0.677. The average molecular weight is 298 g/mol. The molecule has 1 aromatic carbocycles. The Bertz CT molecular complexity index is 504. The van der Waals surface area contributed by atoms with Gasteiger partial charge in [-0.2, -0.15) is 11.3 Å². The van der Waals surface area contributed by atoms with Gasteiger partial charge in [0.2, 0.25) is 0 Å². The SMILES string of the molecule is OC(CNCC(O)c1ccccc1Cl)c1ccsc1. The maximum atomic E-state index is 10.0. The first-order valence-corrected chi connectivity index (χ1v) is 7.34. The van der Waals surface area contributed by atoms with Gasteiger partial charge in [0, 0.05) is 23.7 Å². The highest BCUT2D eigenvalue weighted by Gasteiger charge is 2.12. The topological polar surface area (TPSA) is 52.5 Å². The summed E-state index contributed by atoms with van der Waals surface area (Å²) in [5.41, 5.74) is 1.59. The molecule has 2 atom stereocenters. The molecule has 0 amide bonds. The second-order valence-electron chi connectivity index (χ2n) is 4.27. The molecule has 0 saturated carbocycles. The number of nitrogens with one attached hydrogen (secondary N) is 1. The van der Waals surface area contributed by atoms with E-state index >= 15 is 0 Å². The van der Waals surface area contributed by atoms with E-state index in [0.717, 1.165) is 5.56 Å². The lowest BCUT2D eigenvalue weighted by Gasteiger charge is -2.15. The molecule has 3 nitrogen and oxygen atoms in total. The van der Waals surface area contributed by atoms with Crippen LogP contribution in [0.25, 0.3) is 0 Å². The van der Waals surface area contributed by atoms with Crippen LogP contribution >= 0.6 is 22.9 Å². The molecule has 2 unspecified atom stereocenters. The van der Waals surface area contributed by atoms with Crippen LogP contribution in [0.1, 0.15) is 23.3 Å². The molecule has 1 aromatic heterocycles. The second kappa shape index (κ2) is 7.03. The van der Waals surface area contributed by atoms with Crippen LogP contribution in [0.4, 0.5) is 0 Å². The highest BCUT2D eigenvalue weighted by molar-refractivity contribution is 7.07. The molecule has 0 aliphatic rings. The van der Waals surface area contributed by atoms with Gasteiger partial charge in [-0.1, -0.05) is 29.8 Å². The molecule has 0 spiro atoms. The van der Waals surface area contributed by atoms with Crippen LogP contribution in [0, 0.1) is 0 Å². The number of aliphatic hydroxyl groups excluding tert-OH is 2. The molecule has 2 rings (SSSR count). The van der Waals surface area contributed by atoms with Crippen molar-refractivity contribution >= 4 is 22.9 Å². The van der Waals surface area contributed by atoms with Crippen LogP contribution in [0.5, 0.6) is 0 Å². The molecule has 0 bridgehead atoms. The summed E-state index contributed by atoms with van der Waals surface area (Å²) >= 11 is 7.56. The van der Waals surface area contributed by atoms with Crippen LogP contribution in [-0.4, -0.2) is 23.3 Å². The van der Waals surface area contributed by atoms with Gasteiger partial charge in [-0.15, -0.1) is 0 Å². The minimum Gasteiger partial charge on any atom is -0.387 e. The van der Waals surface area contributed by atoms with Crippen molar-refractivity contribution < 1.29 is 10.2 Å². The smallest absolute Gasteiger partial charge is 0.0928 e. The zero-order valence-corrected chi connectivity index (χ0v) is 11.9. The molecular weight excluding hydrogens is 282 g/mol. The highest BCUT2D eigenvalue weighted by Crippen LogP contribution is 2.22. The fourth-order valence-corrected chi connectivity index (χ4v) is 2.76. The standard InChI is InChI=1S/C14H16ClNO2S/c15-12-4-2-1-3-11(12)14(18)8-16-7-13(17)10-5-6-19-9-10/h1-6,9,13-14,16-18H,7-8H2. The predicted molar refractivity (Wildman–Crippen MR) is 78.6 cm³/mol. The molecule has 0 aliphatic carbocycles. The highest BCUT2D eigenvalue weighted by atomic mass is 35.5. The Morgan fingerprint density at radius 2 is 1.84 bits per heavy atom. The third kappa shape index (κ3) is 4.03. The monoisotopic (exact) mass is 297 g/mol. The molecule has 102 valence electrons. The van der Waals surface area contributed by atoms with Crippen LogP contribution in [0.2, 0.25) is 5.02 Å². The molecule has 0 saturated heterocycles. The van der Waals surface area contributed by atoms with Gasteiger partial charge in [0.15, 0.2) is 0 Å². The number of halogens is 1. The molecule has 0 aliphatic heterocycles. The maximum absolute atomic E-state index is 10.0. The summed E-state index contributed by atoms with van der Waals surface area (Å²) in [4.78, 5) is 0. The molecule has 2 aromatic rings. The van der Waals surface area contributed by atoms with E-state index in [9.17, 15) is 10.2 Å². The fraction of sp³-hybridized carbons (Fsp3) is 0.286. The van der Waals surface area contributed by atoms with Crippen molar-refractivity contribution in [3.05, 3.63) is 57.2 Å². The summed E-state index contributed by atoms with van der Waals surface area (Å²) in [6.07, 6.45) is -1.23. The molecule has 3 N–H and O–H groups in total. The molecule has 0 radical (unpaired) electrons. The first kappa shape index (κ1) is 14.5. The van der Waals surface area contributed by atoms with Crippen molar-refractivity contribution in [1.82, 2.24) is 5.32 Å². The number of hydrogen-bond donors (Lipinski definition) is 3. The number of aliphatic hydroxyl groups is 2. The average Bonchev–Trinajstić information content (AvgIpc) is 2.93. The fourth-order valence-electron chi connectivity index (χ4n) is 1.79. The number of benzene rings is 1. The van der Waals surface area contributed by atoms with E-state index in [1.807, 2.05) is 29.0 Å². The van der Waals surface area contributed by atoms with E-state index in [2.05, 4.69) is 5.32 Å². The van der Waals surface area contributed by atoms with E-state index in [1.54, 1.807) is 23.5 Å². The Morgan fingerprint density at radius 1 is 1.11 bits per heavy atom. The Kier molecular flexibility index (Phi) is 5.36. The number of rotatable bonds is 6. The summed E-state index contributed by atoms with van der Waals surface area (Å²) < 4.78 is 0. The predicted octanol–water partition coefficient (Wildman–Crippen LogP) is 2.76. The summed E-state index contributed by atoms with van der Waals surface area (Å²) in [6, 6.07) is 9.10. The minimum absolute atomic E-state index is 0.352. The van der Waals surface area contributed by atoms with Crippen molar-refractivity contribution in [1.29, 1.82) is 0 Å².